The zero-order valence-corrected chi connectivity index (χ0v) is 14.8. The van der Waals surface area contributed by atoms with Gasteiger partial charge in [0.05, 0.1) is 17.7 Å². The Balaban J connectivity index is 1.91. The number of sulfonamides is 1. The molecule has 132 valence electrons. The number of hydrogen-bond donors (Lipinski definition) is 2. The highest BCUT2D eigenvalue weighted by molar-refractivity contribution is 7.92. The predicted molar refractivity (Wildman–Crippen MR) is 95.8 cm³/mol. The van der Waals surface area contributed by atoms with Crippen molar-refractivity contribution in [3.8, 4) is 5.75 Å². The van der Waals surface area contributed by atoms with E-state index in [1.54, 1.807) is 48.3 Å². The van der Waals surface area contributed by atoms with Crippen molar-refractivity contribution in [2.45, 2.75) is 11.3 Å². The lowest BCUT2D eigenvalue weighted by Crippen LogP contribution is -2.36. The molecule has 0 aliphatic carbocycles. The van der Waals surface area contributed by atoms with Crippen molar-refractivity contribution in [3.63, 3.8) is 0 Å². The van der Waals surface area contributed by atoms with Gasteiger partial charge in [-0.15, -0.1) is 0 Å². The molecule has 2 aromatic rings. The number of urea groups is 1. The van der Waals surface area contributed by atoms with E-state index in [-0.39, 0.29) is 10.9 Å². The summed E-state index contributed by atoms with van der Waals surface area (Å²) >= 11 is 0. The Bertz CT molecular complexity index is 912. The third kappa shape index (κ3) is 3.25. The first-order valence-electron chi connectivity index (χ1n) is 7.74. The average Bonchev–Trinajstić information content (AvgIpc) is 3.04. The van der Waals surface area contributed by atoms with Gasteiger partial charge in [-0.3, -0.25) is 9.62 Å². The van der Waals surface area contributed by atoms with Gasteiger partial charge in [0.15, 0.2) is 0 Å². The number of carbonyl (C=O) groups excluding carboxylic acids is 1. The summed E-state index contributed by atoms with van der Waals surface area (Å²) < 4.78 is 33.1. The molecule has 2 amide bonds. The molecule has 25 heavy (non-hydrogen) atoms. The second-order valence-corrected chi connectivity index (χ2v) is 7.24. The number of ether oxygens (including phenoxy) is 1. The zero-order chi connectivity index (χ0) is 18.0. The lowest BCUT2D eigenvalue weighted by atomic mass is 10.2. The molecular formula is C17H19N3O4S. The maximum atomic E-state index is 12.7. The quantitative estimate of drug-likeness (QED) is 0.874. The van der Waals surface area contributed by atoms with Gasteiger partial charge >= 0.3 is 6.03 Å². The SMILES string of the molecule is CNC(=O)N1CCc2cc(S(=O)(=O)Nc3ccccc3OC)ccc21. The average molecular weight is 361 g/mol. The number of carbonyl (C=O) groups is 1. The standard InChI is InChI=1S/C17H19N3O4S/c1-18-17(21)20-10-9-12-11-13(7-8-15(12)20)25(22,23)19-14-5-3-4-6-16(14)24-2/h3-8,11,19H,9-10H2,1-2H3,(H,18,21). The highest BCUT2D eigenvalue weighted by Gasteiger charge is 2.26. The summed E-state index contributed by atoms with van der Waals surface area (Å²) in [4.78, 5) is 13.6. The predicted octanol–water partition coefficient (Wildman–Crippen LogP) is 2.20. The maximum absolute atomic E-state index is 12.7. The number of benzene rings is 2. The molecule has 0 aromatic heterocycles. The Morgan fingerprint density at radius 3 is 2.68 bits per heavy atom. The van der Waals surface area contributed by atoms with Crippen LogP contribution in [0.5, 0.6) is 5.75 Å². The molecule has 1 aliphatic heterocycles. The Hall–Kier alpha value is -2.74. The molecule has 0 fully saturated rings. The first-order valence-corrected chi connectivity index (χ1v) is 9.22. The molecule has 1 heterocycles. The number of amides is 2. The van der Waals surface area contributed by atoms with Crippen LogP contribution in [0.3, 0.4) is 0 Å². The molecule has 0 saturated carbocycles. The normalized spacial score (nSPS) is 13.3. The van der Waals surface area contributed by atoms with Crippen LogP contribution in [-0.2, 0) is 16.4 Å². The van der Waals surface area contributed by atoms with Crippen molar-refractivity contribution in [2.24, 2.45) is 0 Å². The fourth-order valence-electron chi connectivity index (χ4n) is 2.82. The first kappa shape index (κ1) is 17.1. The van der Waals surface area contributed by atoms with Crippen molar-refractivity contribution in [1.29, 1.82) is 0 Å². The van der Waals surface area contributed by atoms with Crippen molar-refractivity contribution >= 4 is 27.4 Å². The van der Waals surface area contributed by atoms with Crippen LogP contribution in [0.2, 0.25) is 0 Å². The zero-order valence-electron chi connectivity index (χ0n) is 13.9. The van der Waals surface area contributed by atoms with Gasteiger partial charge in [0.1, 0.15) is 5.75 Å². The van der Waals surface area contributed by atoms with E-state index in [9.17, 15) is 13.2 Å². The number of hydrogen-bond acceptors (Lipinski definition) is 4. The largest absolute Gasteiger partial charge is 0.495 e. The smallest absolute Gasteiger partial charge is 0.321 e. The molecule has 0 radical (unpaired) electrons. The molecule has 8 heteroatoms. The maximum Gasteiger partial charge on any atom is 0.321 e. The molecule has 1 aliphatic rings. The fraction of sp³-hybridized carbons (Fsp3) is 0.235. The van der Waals surface area contributed by atoms with Crippen LogP contribution in [0, 0.1) is 0 Å². The molecule has 2 aromatic carbocycles. The Labute approximate surface area is 146 Å². The minimum atomic E-state index is -3.76. The van der Waals surface area contributed by atoms with Crippen LogP contribution in [0.1, 0.15) is 5.56 Å². The minimum Gasteiger partial charge on any atom is -0.495 e. The van der Waals surface area contributed by atoms with E-state index in [1.807, 2.05) is 0 Å². The van der Waals surface area contributed by atoms with Crippen molar-refractivity contribution in [1.82, 2.24) is 5.32 Å². The van der Waals surface area contributed by atoms with Crippen LogP contribution >= 0.6 is 0 Å². The monoisotopic (exact) mass is 361 g/mol. The summed E-state index contributed by atoms with van der Waals surface area (Å²) in [6, 6.07) is 11.4. The van der Waals surface area contributed by atoms with Gasteiger partial charge in [-0.1, -0.05) is 12.1 Å². The summed E-state index contributed by atoms with van der Waals surface area (Å²) in [6.07, 6.45) is 0.612. The van der Waals surface area contributed by atoms with Crippen molar-refractivity contribution < 1.29 is 17.9 Å². The molecule has 0 saturated heterocycles. The van der Waals surface area contributed by atoms with Gasteiger partial charge in [0.2, 0.25) is 0 Å². The molecule has 0 atom stereocenters. The third-order valence-electron chi connectivity index (χ3n) is 4.07. The second kappa shape index (κ2) is 6.64. The highest BCUT2D eigenvalue weighted by atomic mass is 32.2. The molecule has 0 bridgehead atoms. The number of rotatable bonds is 4. The van der Waals surface area contributed by atoms with Crippen LogP contribution in [0.4, 0.5) is 16.2 Å². The third-order valence-corrected chi connectivity index (χ3v) is 5.43. The summed E-state index contributed by atoms with van der Waals surface area (Å²) in [6.45, 7) is 0.526. The number of fused-ring (bicyclic) bond motifs is 1. The van der Waals surface area contributed by atoms with E-state index in [4.69, 9.17) is 4.74 Å². The summed E-state index contributed by atoms with van der Waals surface area (Å²) in [5, 5.41) is 2.58. The van der Waals surface area contributed by atoms with E-state index < -0.39 is 10.0 Å². The second-order valence-electron chi connectivity index (χ2n) is 5.55. The van der Waals surface area contributed by atoms with E-state index >= 15 is 0 Å². The summed E-state index contributed by atoms with van der Waals surface area (Å²) in [5.74, 6) is 0.443. The molecule has 0 spiro atoms. The molecule has 0 unspecified atom stereocenters. The summed E-state index contributed by atoms with van der Waals surface area (Å²) in [5.41, 5.74) is 1.93. The number of nitrogens with zero attached hydrogens (tertiary/aromatic N) is 1. The minimum absolute atomic E-state index is 0.149. The molecule has 2 N–H and O–H groups in total. The van der Waals surface area contributed by atoms with Gasteiger partial charge in [-0.25, -0.2) is 13.2 Å². The van der Waals surface area contributed by atoms with Gasteiger partial charge < -0.3 is 10.1 Å². The number of nitrogens with one attached hydrogen (secondary N) is 2. The van der Waals surface area contributed by atoms with Gasteiger partial charge in [-0.2, -0.15) is 0 Å². The topological polar surface area (TPSA) is 87.7 Å². The van der Waals surface area contributed by atoms with E-state index in [0.717, 1.165) is 11.3 Å². The summed E-state index contributed by atoms with van der Waals surface area (Å²) in [7, 11) is -0.712. The number of methoxy groups -OCH3 is 1. The number of para-hydroxylation sites is 2. The lowest BCUT2D eigenvalue weighted by molar-refractivity contribution is 0.248. The molecule has 7 nitrogen and oxygen atoms in total. The van der Waals surface area contributed by atoms with Crippen molar-refractivity contribution in [3.05, 3.63) is 48.0 Å². The Morgan fingerprint density at radius 2 is 1.96 bits per heavy atom. The van der Waals surface area contributed by atoms with Crippen LogP contribution in [-0.4, -0.2) is 35.2 Å². The molecule has 3 rings (SSSR count). The van der Waals surface area contributed by atoms with Crippen molar-refractivity contribution in [2.75, 3.05) is 30.3 Å². The van der Waals surface area contributed by atoms with Crippen LogP contribution < -0.4 is 19.7 Å². The number of anilines is 2. The fourth-order valence-corrected chi connectivity index (χ4v) is 3.94. The first-order chi connectivity index (χ1) is 12.0. The Morgan fingerprint density at radius 1 is 1.20 bits per heavy atom. The van der Waals surface area contributed by atoms with Gasteiger partial charge in [0, 0.05) is 19.3 Å². The lowest BCUT2D eigenvalue weighted by Gasteiger charge is -2.17. The van der Waals surface area contributed by atoms with Crippen LogP contribution in [0.25, 0.3) is 0 Å². The van der Waals surface area contributed by atoms with Gasteiger partial charge in [0.25, 0.3) is 10.0 Å². The highest BCUT2D eigenvalue weighted by Crippen LogP contribution is 2.32. The van der Waals surface area contributed by atoms with Gasteiger partial charge in [-0.05, 0) is 42.3 Å². The molecular weight excluding hydrogens is 342 g/mol. The van der Waals surface area contributed by atoms with E-state index in [2.05, 4.69) is 10.0 Å². The van der Waals surface area contributed by atoms with E-state index in [0.29, 0.717) is 24.4 Å². The van der Waals surface area contributed by atoms with Crippen LogP contribution in [0.15, 0.2) is 47.4 Å². The van der Waals surface area contributed by atoms with E-state index in [1.165, 1.54) is 13.2 Å². The Kier molecular flexibility index (Phi) is 4.54.